The predicted octanol–water partition coefficient (Wildman–Crippen LogP) is 2.05. The van der Waals surface area contributed by atoms with Crippen LogP contribution in [0.5, 0.6) is 0 Å². The molecule has 3 atom stereocenters. The summed E-state index contributed by atoms with van der Waals surface area (Å²) in [6.07, 6.45) is -0.548. The zero-order valence-corrected chi connectivity index (χ0v) is 13.9. The largest absolute Gasteiger partial charge is 0.453 e. The lowest BCUT2D eigenvalue weighted by Crippen LogP contribution is -2.37. The van der Waals surface area contributed by atoms with Gasteiger partial charge in [-0.05, 0) is 0 Å². The van der Waals surface area contributed by atoms with Crippen molar-refractivity contribution in [2.24, 2.45) is 0 Å². The average molecular weight is 334 g/mol. The van der Waals surface area contributed by atoms with Crippen LogP contribution in [0.4, 0.5) is 0 Å². The standard InChI is InChI=1S/C18H22O6/c1-14(19)21-11-6-9-16(23-13-20-2)17-10-12-22-18(24-17)15-7-4-3-5-8-15/h3-5,7-8,16-18H,10-13H2,1-2H3/t16-,17-,18-/m0/s1. The molecule has 1 aromatic rings. The Kier molecular flexibility index (Phi) is 7.72. The van der Waals surface area contributed by atoms with Gasteiger partial charge in [0.15, 0.2) is 12.9 Å². The first-order chi connectivity index (χ1) is 11.7. The number of benzene rings is 1. The van der Waals surface area contributed by atoms with E-state index in [1.54, 1.807) is 7.11 Å². The molecule has 6 nitrogen and oxygen atoms in total. The molecule has 0 unspecified atom stereocenters. The van der Waals surface area contributed by atoms with Crippen LogP contribution in [0.1, 0.15) is 25.2 Å². The fourth-order valence-corrected chi connectivity index (χ4v) is 2.23. The van der Waals surface area contributed by atoms with E-state index >= 15 is 0 Å². The SMILES string of the molecule is COCO[C@@H](C#CCOC(C)=O)[C@@H]1CCO[C@H](c2ccccc2)O1. The van der Waals surface area contributed by atoms with E-state index in [2.05, 4.69) is 11.8 Å². The van der Waals surface area contributed by atoms with E-state index in [4.69, 9.17) is 23.7 Å². The molecule has 0 aliphatic carbocycles. The van der Waals surface area contributed by atoms with Crippen LogP contribution in [0.15, 0.2) is 30.3 Å². The van der Waals surface area contributed by atoms with E-state index in [1.807, 2.05) is 30.3 Å². The molecule has 0 bridgehead atoms. The van der Waals surface area contributed by atoms with Gasteiger partial charge in [-0.25, -0.2) is 0 Å². The number of esters is 1. The Labute approximate surface area is 142 Å². The number of carbonyl (C=O) groups is 1. The van der Waals surface area contributed by atoms with Gasteiger partial charge in [-0.15, -0.1) is 0 Å². The van der Waals surface area contributed by atoms with E-state index < -0.39 is 12.4 Å². The zero-order chi connectivity index (χ0) is 17.2. The molecule has 0 saturated carbocycles. The normalized spacial score (nSPS) is 21.4. The third-order valence-electron chi connectivity index (χ3n) is 3.34. The first kappa shape index (κ1) is 18.4. The van der Waals surface area contributed by atoms with Crippen LogP contribution in [0.2, 0.25) is 0 Å². The van der Waals surface area contributed by atoms with E-state index in [1.165, 1.54) is 6.92 Å². The zero-order valence-electron chi connectivity index (χ0n) is 13.9. The minimum Gasteiger partial charge on any atom is -0.453 e. The number of hydrogen-bond acceptors (Lipinski definition) is 6. The topological polar surface area (TPSA) is 63.2 Å². The lowest BCUT2D eigenvalue weighted by molar-refractivity contribution is -0.242. The first-order valence-electron chi connectivity index (χ1n) is 7.75. The summed E-state index contributed by atoms with van der Waals surface area (Å²) in [6.45, 7) is 2.01. The van der Waals surface area contributed by atoms with Gasteiger partial charge in [0.2, 0.25) is 0 Å². The van der Waals surface area contributed by atoms with E-state index in [0.717, 1.165) is 5.56 Å². The quantitative estimate of drug-likeness (QED) is 0.451. The van der Waals surface area contributed by atoms with Gasteiger partial charge in [-0.2, -0.15) is 0 Å². The van der Waals surface area contributed by atoms with Gasteiger partial charge in [0, 0.05) is 26.0 Å². The average Bonchev–Trinajstić information content (AvgIpc) is 2.62. The molecule has 1 heterocycles. The van der Waals surface area contributed by atoms with Gasteiger partial charge >= 0.3 is 5.97 Å². The maximum Gasteiger partial charge on any atom is 0.303 e. The van der Waals surface area contributed by atoms with Crippen molar-refractivity contribution >= 4 is 5.97 Å². The first-order valence-corrected chi connectivity index (χ1v) is 7.75. The van der Waals surface area contributed by atoms with E-state index in [-0.39, 0.29) is 25.5 Å². The molecule has 0 spiro atoms. The molecule has 1 aliphatic rings. The third-order valence-corrected chi connectivity index (χ3v) is 3.34. The summed E-state index contributed by atoms with van der Waals surface area (Å²) in [4.78, 5) is 10.8. The second-order valence-corrected chi connectivity index (χ2v) is 5.17. The van der Waals surface area contributed by atoms with E-state index in [9.17, 15) is 4.79 Å². The smallest absolute Gasteiger partial charge is 0.303 e. The minimum absolute atomic E-state index is 0.0213. The number of hydrogen-bond donors (Lipinski definition) is 0. The molecule has 24 heavy (non-hydrogen) atoms. The number of methoxy groups -OCH3 is 1. The number of ether oxygens (including phenoxy) is 5. The highest BCUT2D eigenvalue weighted by Gasteiger charge is 2.30. The maximum absolute atomic E-state index is 10.8. The van der Waals surface area contributed by atoms with E-state index in [0.29, 0.717) is 13.0 Å². The highest BCUT2D eigenvalue weighted by molar-refractivity contribution is 5.66. The van der Waals surface area contributed by atoms with Crippen molar-refractivity contribution in [1.82, 2.24) is 0 Å². The Bertz CT molecular complexity index is 562. The molecule has 6 heteroatoms. The maximum atomic E-state index is 10.8. The molecular weight excluding hydrogens is 312 g/mol. The molecule has 1 aliphatic heterocycles. The monoisotopic (exact) mass is 334 g/mol. The molecule has 1 fully saturated rings. The van der Waals surface area contributed by atoms with Crippen LogP contribution in [0, 0.1) is 11.8 Å². The second-order valence-electron chi connectivity index (χ2n) is 5.17. The number of rotatable bonds is 6. The third kappa shape index (κ3) is 5.95. The van der Waals surface area contributed by atoms with Crippen LogP contribution in [-0.2, 0) is 28.5 Å². The van der Waals surface area contributed by atoms with Gasteiger partial charge in [-0.3, -0.25) is 4.79 Å². The van der Waals surface area contributed by atoms with Crippen molar-refractivity contribution in [3.8, 4) is 11.8 Å². The summed E-state index contributed by atoms with van der Waals surface area (Å²) in [6, 6.07) is 9.71. The van der Waals surface area contributed by atoms with Crippen LogP contribution in [0.3, 0.4) is 0 Å². The van der Waals surface area contributed by atoms with Crippen molar-refractivity contribution in [3.63, 3.8) is 0 Å². The molecule has 0 radical (unpaired) electrons. The Morgan fingerprint density at radius 2 is 2.17 bits per heavy atom. The van der Waals surface area contributed by atoms with Crippen molar-refractivity contribution in [3.05, 3.63) is 35.9 Å². The highest BCUT2D eigenvalue weighted by atomic mass is 16.7. The van der Waals surface area contributed by atoms with Gasteiger partial charge in [0.25, 0.3) is 0 Å². The van der Waals surface area contributed by atoms with Gasteiger partial charge in [-0.1, -0.05) is 42.2 Å². The number of carbonyl (C=O) groups excluding carboxylic acids is 1. The molecule has 130 valence electrons. The fraction of sp³-hybridized carbons (Fsp3) is 0.500. The van der Waals surface area contributed by atoms with Crippen LogP contribution in [0.25, 0.3) is 0 Å². The molecular formula is C18H22O6. The summed E-state index contributed by atoms with van der Waals surface area (Å²) < 4.78 is 27.0. The van der Waals surface area contributed by atoms with Crippen LogP contribution in [-0.4, -0.2) is 45.3 Å². The van der Waals surface area contributed by atoms with Crippen molar-refractivity contribution in [2.75, 3.05) is 27.1 Å². The van der Waals surface area contributed by atoms with Gasteiger partial charge < -0.3 is 23.7 Å². The molecule has 1 saturated heterocycles. The summed E-state index contributed by atoms with van der Waals surface area (Å²) in [7, 11) is 1.54. The molecule has 2 rings (SSSR count). The summed E-state index contributed by atoms with van der Waals surface area (Å²) in [5.41, 5.74) is 0.945. The molecule has 1 aromatic carbocycles. The lowest BCUT2D eigenvalue weighted by atomic mass is 10.1. The van der Waals surface area contributed by atoms with Crippen LogP contribution >= 0.6 is 0 Å². The van der Waals surface area contributed by atoms with Crippen molar-refractivity contribution in [1.29, 1.82) is 0 Å². The minimum atomic E-state index is -0.490. The second kappa shape index (κ2) is 10.1. The Balaban J connectivity index is 2.00. The lowest BCUT2D eigenvalue weighted by Gasteiger charge is -2.33. The Morgan fingerprint density at radius 1 is 1.38 bits per heavy atom. The molecule has 0 aromatic heterocycles. The predicted molar refractivity (Wildman–Crippen MR) is 85.8 cm³/mol. The summed E-state index contributed by atoms with van der Waals surface area (Å²) in [5, 5.41) is 0. The fourth-order valence-electron chi connectivity index (χ4n) is 2.23. The Morgan fingerprint density at radius 3 is 2.88 bits per heavy atom. The highest BCUT2D eigenvalue weighted by Crippen LogP contribution is 2.28. The van der Waals surface area contributed by atoms with Gasteiger partial charge in [0.05, 0.1) is 6.61 Å². The van der Waals surface area contributed by atoms with Crippen LogP contribution < -0.4 is 0 Å². The van der Waals surface area contributed by atoms with Gasteiger partial charge in [0.1, 0.15) is 19.0 Å². The molecule has 0 N–H and O–H groups in total. The summed E-state index contributed by atoms with van der Waals surface area (Å²) >= 11 is 0. The Hall–Kier alpha value is -1.91. The van der Waals surface area contributed by atoms with Crippen molar-refractivity contribution < 1.29 is 28.5 Å². The molecule has 0 amide bonds. The van der Waals surface area contributed by atoms with Crippen molar-refractivity contribution in [2.45, 2.75) is 31.8 Å². The summed E-state index contributed by atoms with van der Waals surface area (Å²) in [5.74, 6) is 5.35.